The Morgan fingerprint density at radius 2 is 1.64 bits per heavy atom. The summed E-state index contributed by atoms with van der Waals surface area (Å²) in [4.78, 5) is 0. The second kappa shape index (κ2) is 6.69. The minimum absolute atomic E-state index is 0.643. The van der Waals surface area contributed by atoms with E-state index in [2.05, 4.69) is 27.7 Å². The molecule has 0 amide bonds. The van der Waals surface area contributed by atoms with Crippen molar-refractivity contribution >= 4 is 0 Å². The highest BCUT2D eigenvalue weighted by Gasteiger charge is 2.03. The molecule has 0 heteroatoms. The lowest BCUT2D eigenvalue weighted by atomic mass is 9.94. The van der Waals surface area contributed by atoms with E-state index < -0.39 is 0 Å². The maximum Gasteiger partial charge on any atom is -0.0420 e. The van der Waals surface area contributed by atoms with Crippen molar-refractivity contribution in [2.45, 2.75) is 52.9 Å². The zero-order valence-corrected chi connectivity index (χ0v) is 8.40. The Balaban J connectivity index is 3.21. The van der Waals surface area contributed by atoms with Gasteiger partial charge in [-0.15, -0.1) is 0 Å². The van der Waals surface area contributed by atoms with Crippen LogP contribution in [0, 0.1) is 18.8 Å². The third-order valence-corrected chi connectivity index (χ3v) is 2.46. The Labute approximate surface area is 72.4 Å². The Kier molecular flexibility index (Phi) is 6.69. The summed E-state index contributed by atoms with van der Waals surface area (Å²) < 4.78 is 0. The summed E-state index contributed by atoms with van der Waals surface area (Å²) in [5.74, 6) is 1.61. The molecular formula is C11H23. The minimum atomic E-state index is 0.643. The van der Waals surface area contributed by atoms with Crippen LogP contribution in [0.1, 0.15) is 52.9 Å². The number of hydrogen-bond acceptors (Lipinski definition) is 0. The van der Waals surface area contributed by atoms with E-state index in [1.165, 1.54) is 32.1 Å². The van der Waals surface area contributed by atoms with Crippen molar-refractivity contribution in [1.82, 2.24) is 0 Å². The maximum atomic E-state index is 3.99. The minimum Gasteiger partial charge on any atom is -0.0651 e. The molecule has 0 heterocycles. The summed E-state index contributed by atoms with van der Waals surface area (Å²) in [7, 11) is 0. The number of rotatable bonds is 6. The van der Waals surface area contributed by atoms with E-state index in [1.807, 2.05) is 0 Å². The molecule has 0 aliphatic carbocycles. The number of hydrogen-bond donors (Lipinski definition) is 0. The zero-order chi connectivity index (χ0) is 8.69. The summed E-state index contributed by atoms with van der Waals surface area (Å²) in [5, 5.41) is 0. The van der Waals surface area contributed by atoms with E-state index in [-0.39, 0.29) is 0 Å². The summed E-state index contributed by atoms with van der Waals surface area (Å²) in [6.07, 6.45) is 6.78. The molecule has 1 unspecified atom stereocenters. The van der Waals surface area contributed by atoms with Gasteiger partial charge in [-0.25, -0.2) is 0 Å². The first kappa shape index (κ1) is 11.0. The van der Waals surface area contributed by atoms with Crippen LogP contribution in [0.25, 0.3) is 0 Å². The van der Waals surface area contributed by atoms with Crippen molar-refractivity contribution < 1.29 is 0 Å². The maximum absolute atomic E-state index is 3.99. The van der Waals surface area contributed by atoms with Crippen LogP contribution in [-0.4, -0.2) is 0 Å². The third kappa shape index (κ3) is 6.40. The highest BCUT2D eigenvalue weighted by Crippen LogP contribution is 2.17. The average molecular weight is 155 g/mol. The fourth-order valence-corrected chi connectivity index (χ4v) is 1.45. The van der Waals surface area contributed by atoms with Crippen LogP contribution in [-0.2, 0) is 0 Å². The Hall–Kier alpha value is 0. The van der Waals surface area contributed by atoms with Gasteiger partial charge < -0.3 is 0 Å². The monoisotopic (exact) mass is 155 g/mol. The smallest absolute Gasteiger partial charge is 0.0420 e. The molecule has 0 saturated carbocycles. The lowest BCUT2D eigenvalue weighted by molar-refractivity contribution is 0.419. The standard InChI is InChI=1S/C11H23/c1-5-11(6-2)9-7-8-10(3)4/h10-11H,3,5-9H2,1-2,4H3. The van der Waals surface area contributed by atoms with Gasteiger partial charge in [0, 0.05) is 0 Å². The van der Waals surface area contributed by atoms with Crippen LogP contribution in [0.4, 0.5) is 0 Å². The first-order valence-corrected chi connectivity index (χ1v) is 5.03. The van der Waals surface area contributed by atoms with E-state index in [9.17, 15) is 0 Å². The van der Waals surface area contributed by atoms with E-state index in [4.69, 9.17) is 0 Å². The van der Waals surface area contributed by atoms with Gasteiger partial charge in [-0.1, -0.05) is 59.8 Å². The normalized spacial score (nSPS) is 11.5. The molecule has 0 spiro atoms. The molecule has 0 aliphatic rings. The lowest BCUT2D eigenvalue weighted by Gasteiger charge is -2.12. The molecule has 0 aromatic heterocycles. The molecular weight excluding hydrogens is 132 g/mol. The fraction of sp³-hybridized carbons (Fsp3) is 0.909. The summed E-state index contributed by atoms with van der Waals surface area (Å²) in [6, 6.07) is 0. The SMILES string of the molecule is [CH2]C(C)CCCC(CC)CC. The fourth-order valence-electron chi connectivity index (χ4n) is 1.45. The average Bonchev–Trinajstić information content (AvgIpc) is 1.98. The molecule has 0 nitrogen and oxygen atoms in total. The largest absolute Gasteiger partial charge is 0.0651 e. The molecule has 0 fully saturated rings. The van der Waals surface area contributed by atoms with Crippen LogP contribution in [0.5, 0.6) is 0 Å². The van der Waals surface area contributed by atoms with Gasteiger partial charge in [0.2, 0.25) is 0 Å². The molecule has 0 bridgehead atoms. The first-order valence-electron chi connectivity index (χ1n) is 5.03. The summed E-state index contributed by atoms with van der Waals surface area (Å²) in [5.41, 5.74) is 0. The molecule has 67 valence electrons. The van der Waals surface area contributed by atoms with Crippen molar-refractivity contribution in [3.05, 3.63) is 6.92 Å². The molecule has 0 aromatic rings. The van der Waals surface area contributed by atoms with Crippen LogP contribution in [0.3, 0.4) is 0 Å². The van der Waals surface area contributed by atoms with Crippen molar-refractivity contribution in [1.29, 1.82) is 0 Å². The van der Waals surface area contributed by atoms with Crippen LogP contribution in [0.2, 0.25) is 0 Å². The van der Waals surface area contributed by atoms with Crippen molar-refractivity contribution in [2.75, 3.05) is 0 Å². The van der Waals surface area contributed by atoms with E-state index in [0.717, 1.165) is 5.92 Å². The predicted octanol–water partition coefficient (Wildman–Crippen LogP) is 4.06. The topological polar surface area (TPSA) is 0 Å². The van der Waals surface area contributed by atoms with Gasteiger partial charge in [-0.3, -0.25) is 0 Å². The molecule has 0 rings (SSSR count). The zero-order valence-electron chi connectivity index (χ0n) is 8.40. The Morgan fingerprint density at radius 1 is 1.09 bits per heavy atom. The molecule has 0 N–H and O–H groups in total. The third-order valence-electron chi connectivity index (χ3n) is 2.46. The molecule has 1 radical (unpaired) electrons. The van der Waals surface area contributed by atoms with Crippen molar-refractivity contribution in [3.63, 3.8) is 0 Å². The van der Waals surface area contributed by atoms with Gasteiger partial charge >= 0.3 is 0 Å². The van der Waals surface area contributed by atoms with Crippen LogP contribution in [0.15, 0.2) is 0 Å². The summed E-state index contributed by atoms with van der Waals surface area (Å²) in [6.45, 7) is 10.8. The van der Waals surface area contributed by atoms with Crippen molar-refractivity contribution in [2.24, 2.45) is 11.8 Å². The molecule has 1 atom stereocenters. The van der Waals surface area contributed by atoms with Gasteiger partial charge in [0.15, 0.2) is 0 Å². The van der Waals surface area contributed by atoms with E-state index in [1.54, 1.807) is 0 Å². The van der Waals surface area contributed by atoms with E-state index >= 15 is 0 Å². The van der Waals surface area contributed by atoms with Gasteiger partial charge in [0.25, 0.3) is 0 Å². The summed E-state index contributed by atoms with van der Waals surface area (Å²) >= 11 is 0. The highest BCUT2D eigenvalue weighted by molar-refractivity contribution is 4.58. The molecule has 0 saturated heterocycles. The Bertz CT molecular complexity index is 70.1. The predicted molar refractivity (Wildman–Crippen MR) is 52.4 cm³/mol. The molecule has 11 heavy (non-hydrogen) atoms. The van der Waals surface area contributed by atoms with Crippen molar-refractivity contribution in [3.8, 4) is 0 Å². The molecule has 0 aliphatic heterocycles. The molecule has 0 aromatic carbocycles. The second-order valence-electron chi connectivity index (χ2n) is 3.72. The van der Waals surface area contributed by atoms with Crippen LogP contribution >= 0.6 is 0 Å². The second-order valence-corrected chi connectivity index (χ2v) is 3.72. The van der Waals surface area contributed by atoms with Gasteiger partial charge in [-0.05, 0) is 11.8 Å². The Morgan fingerprint density at radius 3 is 2.00 bits per heavy atom. The quantitative estimate of drug-likeness (QED) is 0.542. The highest BCUT2D eigenvalue weighted by atomic mass is 14.1. The van der Waals surface area contributed by atoms with Gasteiger partial charge in [0.1, 0.15) is 0 Å². The van der Waals surface area contributed by atoms with Gasteiger partial charge in [0.05, 0.1) is 0 Å². The van der Waals surface area contributed by atoms with E-state index in [0.29, 0.717) is 5.92 Å². The van der Waals surface area contributed by atoms with Crippen LogP contribution < -0.4 is 0 Å². The van der Waals surface area contributed by atoms with Gasteiger partial charge in [-0.2, -0.15) is 0 Å². The first-order chi connectivity index (χ1) is 5.20. The lowest BCUT2D eigenvalue weighted by Crippen LogP contribution is -1.97.